The molecule has 3 aromatic rings. The van der Waals surface area contributed by atoms with Crippen molar-refractivity contribution in [1.82, 2.24) is 19.7 Å². The molecule has 0 aliphatic heterocycles. The number of benzene rings is 1. The van der Waals surface area contributed by atoms with E-state index in [1.54, 1.807) is 11.3 Å². The number of hydrogen-bond donors (Lipinski definition) is 1. The van der Waals surface area contributed by atoms with Crippen molar-refractivity contribution in [2.45, 2.75) is 56.8 Å². The molecule has 0 saturated heterocycles. The number of thioether (sulfide) groups is 1. The zero-order valence-electron chi connectivity index (χ0n) is 19.9. The number of anilines is 1. The van der Waals surface area contributed by atoms with Crippen molar-refractivity contribution in [3.63, 3.8) is 0 Å². The number of thiophene rings is 1. The van der Waals surface area contributed by atoms with Crippen LogP contribution in [0.25, 0.3) is 0 Å². The number of nitriles is 1. The molecule has 0 unspecified atom stereocenters. The van der Waals surface area contributed by atoms with Gasteiger partial charge in [-0.05, 0) is 57.3 Å². The molecule has 2 heterocycles. The van der Waals surface area contributed by atoms with Gasteiger partial charge in [0.15, 0.2) is 11.0 Å². The van der Waals surface area contributed by atoms with Crippen LogP contribution in [0.4, 0.5) is 5.00 Å². The van der Waals surface area contributed by atoms with E-state index < -0.39 is 0 Å². The van der Waals surface area contributed by atoms with E-state index in [0.717, 1.165) is 54.2 Å². The predicted octanol–water partition coefficient (Wildman–Crippen LogP) is 4.88. The van der Waals surface area contributed by atoms with Gasteiger partial charge >= 0.3 is 0 Å². The highest BCUT2D eigenvalue weighted by atomic mass is 32.2. The highest BCUT2D eigenvalue weighted by Gasteiger charge is 2.24. The van der Waals surface area contributed by atoms with Crippen molar-refractivity contribution in [3.8, 4) is 6.07 Å². The normalized spacial score (nSPS) is 14.0. The number of fused-ring (bicyclic) bond motifs is 1. The molecule has 34 heavy (non-hydrogen) atoms. The van der Waals surface area contributed by atoms with Gasteiger partial charge in [0.05, 0.1) is 23.9 Å². The first kappa shape index (κ1) is 24.5. The van der Waals surface area contributed by atoms with Crippen LogP contribution in [0, 0.1) is 11.3 Å². The standard InChI is InChI=1S/C25H30N6OS2/c1-4-20(30(2)3)23-28-29-25(31(23)15-17-10-6-5-7-11-17)33-16-22(32)27-24-19(14-26)18-12-8-9-13-21(18)34-24/h5-7,10-11,20H,4,8-9,12-13,15-16H2,1-3H3,(H,27,32)/t20-/m0/s1. The maximum atomic E-state index is 12.8. The third-order valence-electron chi connectivity index (χ3n) is 6.11. The Morgan fingerprint density at radius 1 is 1.26 bits per heavy atom. The summed E-state index contributed by atoms with van der Waals surface area (Å²) < 4.78 is 2.12. The minimum absolute atomic E-state index is 0.129. The van der Waals surface area contributed by atoms with E-state index >= 15 is 0 Å². The Morgan fingerprint density at radius 2 is 2.03 bits per heavy atom. The molecule has 0 bridgehead atoms. The molecular weight excluding hydrogens is 464 g/mol. The number of nitrogens with zero attached hydrogens (tertiary/aromatic N) is 5. The van der Waals surface area contributed by atoms with Gasteiger partial charge in [0.2, 0.25) is 5.91 Å². The van der Waals surface area contributed by atoms with Crippen molar-refractivity contribution >= 4 is 34.0 Å². The van der Waals surface area contributed by atoms with Gasteiger partial charge in [-0.2, -0.15) is 5.26 Å². The van der Waals surface area contributed by atoms with E-state index in [0.29, 0.717) is 17.1 Å². The van der Waals surface area contributed by atoms with Crippen LogP contribution in [-0.4, -0.2) is 45.4 Å². The Labute approximate surface area is 209 Å². The van der Waals surface area contributed by atoms with Crippen LogP contribution in [0.2, 0.25) is 0 Å². The van der Waals surface area contributed by atoms with Crippen LogP contribution < -0.4 is 5.32 Å². The Kier molecular flexibility index (Phi) is 8.03. The largest absolute Gasteiger partial charge is 0.316 e. The van der Waals surface area contributed by atoms with E-state index in [4.69, 9.17) is 0 Å². The molecule has 1 N–H and O–H groups in total. The van der Waals surface area contributed by atoms with Crippen LogP contribution in [-0.2, 0) is 24.2 Å². The smallest absolute Gasteiger partial charge is 0.235 e. The van der Waals surface area contributed by atoms with Crippen LogP contribution in [0.1, 0.15) is 59.6 Å². The molecule has 178 valence electrons. The maximum absolute atomic E-state index is 12.8. The van der Waals surface area contributed by atoms with Gasteiger partial charge < -0.3 is 9.88 Å². The molecule has 4 rings (SSSR count). The molecule has 9 heteroatoms. The molecular formula is C25H30N6OS2. The Hall–Kier alpha value is -2.67. The van der Waals surface area contributed by atoms with Gasteiger partial charge in [0, 0.05) is 4.88 Å². The molecule has 1 aliphatic carbocycles. The average Bonchev–Trinajstić information content (AvgIpc) is 3.39. The molecule has 1 atom stereocenters. The number of carbonyl (C=O) groups is 1. The van der Waals surface area contributed by atoms with Crippen molar-refractivity contribution in [2.24, 2.45) is 0 Å². The summed E-state index contributed by atoms with van der Waals surface area (Å²) in [6, 6.07) is 12.7. The molecule has 7 nitrogen and oxygen atoms in total. The molecule has 1 aliphatic rings. The molecule has 2 aromatic heterocycles. The number of aryl methyl sites for hydroxylation is 1. The summed E-state index contributed by atoms with van der Waals surface area (Å²) in [5, 5.41) is 23.0. The number of carbonyl (C=O) groups excluding carboxylic acids is 1. The summed E-state index contributed by atoms with van der Waals surface area (Å²) in [5.41, 5.74) is 2.93. The summed E-state index contributed by atoms with van der Waals surface area (Å²) >= 11 is 2.94. The first-order valence-electron chi connectivity index (χ1n) is 11.6. The Bertz CT molecular complexity index is 1180. The molecule has 0 radical (unpaired) electrons. The van der Waals surface area contributed by atoms with Crippen LogP contribution in [0.5, 0.6) is 0 Å². The van der Waals surface area contributed by atoms with Gasteiger partial charge in [-0.25, -0.2) is 0 Å². The molecule has 1 amide bonds. The minimum atomic E-state index is -0.129. The van der Waals surface area contributed by atoms with Crippen molar-refractivity contribution in [2.75, 3.05) is 25.2 Å². The fourth-order valence-corrected chi connectivity index (χ4v) is 6.41. The van der Waals surface area contributed by atoms with E-state index in [2.05, 4.69) is 50.1 Å². The lowest BCUT2D eigenvalue weighted by molar-refractivity contribution is -0.113. The summed E-state index contributed by atoms with van der Waals surface area (Å²) in [4.78, 5) is 16.2. The quantitative estimate of drug-likeness (QED) is 0.427. The second-order valence-corrected chi connectivity index (χ2v) is 10.7. The van der Waals surface area contributed by atoms with Gasteiger partial charge in [-0.15, -0.1) is 21.5 Å². The molecule has 1 aromatic carbocycles. The van der Waals surface area contributed by atoms with Crippen LogP contribution in [0.15, 0.2) is 35.5 Å². The van der Waals surface area contributed by atoms with Gasteiger partial charge in [0.25, 0.3) is 0 Å². The monoisotopic (exact) mass is 494 g/mol. The lowest BCUT2D eigenvalue weighted by Gasteiger charge is -2.23. The lowest BCUT2D eigenvalue weighted by atomic mass is 9.96. The summed E-state index contributed by atoms with van der Waals surface area (Å²) in [5.74, 6) is 0.978. The zero-order chi connectivity index (χ0) is 24.1. The van der Waals surface area contributed by atoms with Crippen LogP contribution in [0.3, 0.4) is 0 Å². The SMILES string of the molecule is CC[C@@H](c1nnc(SCC(=O)Nc2sc3c(c2C#N)CCCC3)n1Cc1ccccc1)N(C)C. The fourth-order valence-electron chi connectivity index (χ4n) is 4.41. The zero-order valence-corrected chi connectivity index (χ0v) is 21.5. The van der Waals surface area contributed by atoms with E-state index in [1.807, 2.05) is 32.3 Å². The minimum Gasteiger partial charge on any atom is -0.316 e. The third kappa shape index (κ3) is 5.35. The number of amides is 1. The highest BCUT2D eigenvalue weighted by molar-refractivity contribution is 7.99. The average molecular weight is 495 g/mol. The number of hydrogen-bond acceptors (Lipinski definition) is 7. The predicted molar refractivity (Wildman–Crippen MR) is 137 cm³/mol. The second kappa shape index (κ2) is 11.2. The van der Waals surface area contributed by atoms with Gasteiger partial charge in [-0.3, -0.25) is 9.69 Å². The number of nitrogens with one attached hydrogen (secondary N) is 1. The van der Waals surface area contributed by atoms with Crippen molar-refractivity contribution in [3.05, 3.63) is 57.7 Å². The summed E-state index contributed by atoms with van der Waals surface area (Å²) in [7, 11) is 4.09. The van der Waals surface area contributed by atoms with Crippen molar-refractivity contribution < 1.29 is 4.79 Å². The van der Waals surface area contributed by atoms with E-state index in [9.17, 15) is 10.1 Å². The topological polar surface area (TPSA) is 86.8 Å². The Morgan fingerprint density at radius 3 is 2.74 bits per heavy atom. The van der Waals surface area contributed by atoms with E-state index in [1.165, 1.54) is 16.6 Å². The first-order chi connectivity index (χ1) is 16.5. The second-order valence-electron chi connectivity index (χ2n) is 8.66. The Balaban J connectivity index is 1.51. The lowest BCUT2D eigenvalue weighted by Crippen LogP contribution is -2.23. The van der Waals surface area contributed by atoms with Gasteiger partial charge in [-0.1, -0.05) is 49.0 Å². The summed E-state index contributed by atoms with van der Waals surface area (Å²) in [6.07, 6.45) is 5.08. The molecule has 0 fully saturated rings. The van der Waals surface area contributed by atoms with Crippen molar-refractivity contribution in [1.29, 1.82) is 5.26 Å². The number of rotatable bonds is 9. The maximum Gasteiger partial charge on any atom is 0.235 e. The first-order valence-corrected chi connectivity index (χ1v) is 13.4. The van der Waals surface area contributed by atoms with E-state index in [-0.39, 0.29) is 17.7 Å². The summed E-state index contributed by atoms with van der Waals surface area (Å²) in [6.45, 7) is 2.79. The highest BCUT2D eigenvalue weighted by Crippen LogP contribution is 2.37. The van der Waals surface area contributed by atoms with Gasteiger partial charge in [0.1, 0.15) is 11.1 Å². The fraction of sp³-hybridized carbons (Fsp3) is 0.440. The number of aromatic nitrogens is 3. The molecule has 0 saturated carbocycles. The molecule has 0 spiro atoms. The third-order valence-corrected chi connectivity index (χ3v) is 8.28. The van der Waals surface area contributed by atoms with Crippen LogP contribution >= 0.6 is 23.1 Å².